The van der Waals surface area contributed by atoms with E-state index in [-0.39, 0.29) is 30.7 Å². The maximum Gasteiger partial charge on any atom is 0.257 e. The number of benzene rings is 1. The molecule has 1 aliphatic rings. The van der Waals surface area contributed by atoms with Gasteiger partial charge in [0.1, 0.15) is 15.6 Å². The van der Waals surface area contributed by atoms with Crippen LogP contribution in [0.15, 0.2) is 36.5 Å². The summed E-state index contributed by atoms with van der Waals surface area (Å²) < 4.78 is 15.2. The number of anilines is 2. The highest BCUT2D eigenvalue weighted by Crippen LogP contribution is 2.38. The molecule has 0 radical (unpaired) electrons. The van der Waals surface area contributed by atoms with Crippen LogP contribution in [-0.4, -0.2) is 58.3 Å². The van der Waals surface area contributed by atoms with Gasteiger partial charge in [-0.15, -0.1) is 0 Å². The number of aliphatic hydroxyl groups is 1. The first-order chi connectivity index (χ1) is 14.9. The van der Waals surface area contributed by atoms with Gasteiger partial charge in [0, 0.05) is 35.3 Å². The third-order valence-electron chi connectivity index (χ3n) is 4.98. The van der Waals surface area contributed by atoms with Crippen molar-refractivity contribution in [1.29, 1.82) is 0 Å². The monoisotopic (exact) mass is 571 g/mol. The lowest BCUT2D eigenvalue weighted by Crippen LogP contribution is -2.46. The smallest absolute Gasteiger partial charge is 0.257 e. The van der Waals surface area contributed by atoms with E-state index in [1.165, 1.54) is 17.4 Å². The van der Waals surface area contributed by atoms with E-state index in [1.54, 1.807) is 36.3 Å². The van der Waals surface area contributed by atoms with Crippen molar-refractivity contribution in [1.82, 2.24) is 20.5 Å². The summed E-state index contributed by atoms with van der Waals surface area (Å²) in [5.74, 6) is -0.663. The van der Waals surface area contributed by atoms with E-state index in [0.717, 1.165) is 3.57 Å². The van der Waals surface area contributed by atoms with Gasteiger partial charge in [-0.1, -0.05) is 11.3 Å². The Balaban J connectivity index is 1.67. The number of nitrogens with zero attached hydrogens (tertiary/aromatic N) is 2. The van der Waals surface area contributed by atoms with Gasteiger partial charge in [0.25, 0.3) is 5.91 Å². The summed E-state index contributed by atoms with van der Waals surface area (Å²) in [5, 5.41) is 20.9. The number of hydrogen-bond acceptors (Lipinski definition) is 6. The molecule has 31 heavy (non-hydrogen) atoms. The first-order valence-corrected chi connectivity index (χ1v) is 11.7. The molecule has 0 bridgehead atoms. The van der Waals surface area contributed by atoms with Crippen molar-refractivity contribution < 1.29 is 14.3 Å². The Hall–Kier alpha value is -2.09. The third kappa shape index (κ3) is 4.59. The quantitative estimate of drug-likeness (QED) is 0.283. The number of rotatable bonds is 4. The third-order valence-corrected chi connectivity index (χ3v) is 7.00. The fourth-order valence-corrected chi connectivity index (χ4v) is 5.09. The first-order valence-electron chi connectivity index (χ1n) is 9.42. The van der Waals surface area contributed by atoms with Gasteiger partial charge in [-0.25, -0.2) is 9.37 Å². The predicted molar refractivity (Wildman–Crippen MR) is 133 cm³/mol. The van der Waals surface area contributed by atoms with Gasteiger partial charge in [-0.3, -0.25) is 4.79 Å². The standard InChI is InChI=1S/C20H19FIN5O2S2/c1-23-20(30)26-14-8-27(9-15(14)28)19(29)16-11-3-2-6-24-17(11)31-18(16)25-13-5-4-10(22)7-12(13)21/h2-7,14-15,25,28H,8-9H2,1H3,(H2,23,26,30)/t14-,15-/m0/s1. The summed E-state index contributed by atoms with van der Waals surface area (Å²) in [6, 6.07) is 8.05. The number of thiocarbonyl (C=S) groups is 1. The molecule has 7 nitrogen and oxygen atoms in total. The van der Waals surface area contributed by atoms with Gasteiger partial charge < -0.3 is 26.0 Å². The number of fused-ring (bicyclic) bond motifs is 1. The lowest BCUT2D eigenvalue weighted by Gasteiger charge is -2.18. The molecular weight excluding hydrogens is 552 g/mol. The molecule has 11 heteroatoms. The van der Waals surface area contributed by atoms with E-state index in [1.807, 2.05) is 28.7 Å². The van der Waals surface area contributed by atoms with Gasteiger partial charge in [0.2, 0.25) is 0 Å². The van der Waals surface area contributed by atoms with Crippen molar-refractivity contribution in [2.24, 2.45) is 0 Å². The Bertz CT molecular complexity index is 1160. The number of pyridine rings is 1. The number of aliphatic hydroxyl groups excluding tert-OH is 1. The molecule has 2 atom stereocenters. The Labute approximate surface area is 201 Å². The number of amides is 1. The molecular formula is C20H19FIN5O2S2. The Morgan fingerprint density at radius 1 is 1.39 bits per heavy atom. The zero-order valence-electron chi connectivity index (χ0n) is 16.4. The van der Waals surface area contributed by atoms with Crippen molar-refractivity contribution in [3.8, 4) is 0 Å². The molecule has 4 N–H and O–H groups in total. The summed E-state index contributed by atoms with van der Waals surface area (Å²) in [7, 11) is 1.69. The molecule has 4 rings (SSSR count). The number of halogens is 2. The summed E-state index contributed by atoms with van der Waals surface area (Å²) in [5.41, 5.74) is 0.691. The highest BCUT2D eigenvalue weighted by molar-refractivity contribution is 14.1. The molecule has 1 aromatic carbocycles. The zero-order chi connectivity index (χ0) is 22.1. The molecule has 1 fully saturated rings. The number of thiophene rings is 1. The molecule has 3 heterocycles. The fourth-order valence-electron chi connectivity index (χ4n) is 3.44. The van der Waals surface area contributed by atoms with Gasteiger partial charge in [0.15, 0.2) is 5.11 Å². The molecule has 162 valence electrons. The van der Waals surface area contributed by atoms with E-state index in [2.05, 4.69) is 20.9 Å². The Kier molecular flexibility index (Phi) is 6.55. The molecule has 0 aliphatic carbocycles. The number of likely N-dealkylation sites (tertiary alicyclic amines) is 1. The first kappa shape index (κ1) is 22.1. The van der Waals surface area contributed by atoms with Crippen LogP contribution in [0.25, 0.3) is 10.2 Å². The van der Waals surface area contributed by atoms with Gasteiger partial charge in [-0.2, -0.15) is 0 Å². The zero-order valence-corrected chi connectivity index (χ0v) is 20.1. The van der Waals surface area contributed by atoms with Crippen LogP contribution in [0.1, 0.15) is 10.4 Å². The van der Waals surface area contributed by atoms with Crippen molar-refractivity contribution in [2.75, 3.05) is 25.5 Å². The molecule has 0 unspecified atom stereocenters. The summed E-state index contributed by atoms with van der Waals surface area (Å²) in [4.78, 5) is 20.1. The van der Waals surface area contributed by atoms with Crippen LogP contribution in [0.5, 0.6) is 0 Å². The van der Waals surface area contributed by atoms with E-state index < -0.39 is 11.9 Å². The number of nitrogens with one attached hydrogen (secondary N) is 3. The van der Waals surface area contributed by atoms with E-state index in [0.29, 0.717) is 25.9 Å². The number of carbonyl (C=O) groups is 1. The topological polar surface area (TPSA) is 89.5 Å². The summed E-state index contributed by atoms with van der Waals surface area (Å²) >= 11 is 8.45. The van der Waals surface area contributed by atoms with Gasteiger partial charge in [0.05, 0.1) is 23.4 Å². The van der Waals surface area contributed by atoms with Crippen molar-refractivity contribution in [3.63, 3.8) is 0 Å². The lowest BCUT2D eigenvalue weighted by atomic mass is 10.1. The van der Waals surface area contributed by atoms with Crippen LogP contribution in [0.3, 0.4) is 0 Å². The highest BCUT2D eigenvalue weighted by atomic mass is 127. The minimum absolute atomic E-state index is 0.164. The molecule has 0 saturated carbocycles. The molecule has 1 amide bonds. The second-order valence-electron chi connectivity index (χ2n) is 7.02. The van der Waals surface area contributed by atoms with E-state index in [4.69, 9.17) is 12.2 Å². The maximum absolute atomic E-state index is 14.4. The number of carbonyl (C=O) groups excluding carboxylic acids is 1. The van der Waals surface area contributed by atoms with E-state index in [9.17, 15) is 14.3 Å². The van der Waals surface area contributed by atoms with Crippen molar-refractivity contribution >= 4 is 78.1 Å². The average molecular weight is 571 g/mol. The van der Waals surface area contributed by atoms with E-state index >= 15 is 0 Å². The normalized spacial score (nSPS) is 18.3. The SMILES string of the molecule is CNC(=S)N[C@H]1CN(C(=O)c2c(Nc3ccc(I)cc3F)sc3ncccc23)C[C@@H]1O. The Morgan fingerprint density at radius 3 is 2.94 bits per heavy atom. The van der Waals surface area contributed by atoms with Crippen LogP contribution >= 0.6 is 46.1 Å². The largest absolute Gasteiger partial charge is 0.389 e. The van der Waals surface area contributed by atoms with Gasteiger partial charge >= 0.3 is 0 Å². The molecule has 2 aromatic heterocycles. The van der Waals surface area contributed by atoms with Crippen LogP contribution < -0.4 is 16.0 Å². The van der Waals surface area contributed by atoms with Crippen LogP contribution in [0, 0.1) is 9.39 Å². The van der Waals surface area contributed by atoms with Crippen LogP contribution in [0.4, 0.5) is 15.1 Å². The Morgan fingerprint density at radius 2 is 2.19 bits per heavy atom. The molecule has 0 spiro atoms. The van der Waals surface area contributed by atoms with Gasteiger partial charge in [-0.05, 0) is 65.1 Å². The number of β-amino-alcohol motifs (C(OH)–C–C–N with tert-alkyl or cyclic N) is 1. The number of hydrogen-bond donors (Lipinski definition) is 4. The second-order valence-corrected chi connectivity index (χ2v) is 9.67. The second kappa shape index (κ2) is 9.18. The van der Waals surface area contributed by atoms with Crippen molar-refractivity contribution in [3.05, 3.63) is 51.5 Å². The average Bonchev–Trinajstić information content (AvgIpc) is 3.29. The van der Waals surface area contributed by atoms with Crippen molar-refractivity contribution in [2.45, 2.75) is 12.1 Å². The summed E-state index contributed by atoms with van der Waals surface area (Å²) in [6.07, 6.45) is 0.893. The fraction of sp³-hybridized carbons (Fsp3) is 0.250. The van der Waals surface area contributed by atoms with Crippen LogP contribution in [0.2, 0.25) is 0 Å². The van der Waals surface area contributed by atoms with Crippen LogP contribution in [-0.2, 0) is 0 Å². The lowest BCUT2D eigenvalue weighted by molar-refractivity contribution is 0.0768. The predicted octanol–water partition coefficient (Wildman–Crippen LogP) is 3.06. The molecule has 1 aliphatic heterocycles. The molecule has 3 aromatic rings. The number of aromatic nitrogens is 1. The maximum atomic E-state index is 14.4. The minimum Gasteiger partial charge on any atom is -0.389 e. The minimum atomic E-state index is -0.761. The molecule has 1 saturated heterocycles. The summed E-state index contributed by atoms with van der Waals surface area (Å²) in [6.45, 7) is 0.453. The highest BCUT2D eigenvalue weighted by Gasteiger charge is 2.36.